The van der Waals surface area contributed by atoms with Gasteiger partial charge in [-0.1, -0.05) is 0 Å². The van der Waals surface area contributed by atoms with Crippen molar-refractivity contribution in [3.63, 3.8) is 0 Å². The largest absolute Gasteiger partial charge is 0.475 e. The molecule has 0 aliphatic carbocycles. The Morgan fingerprint density at radius 1 is 1.15 bits per heavy atom. The number of aromatic nitrogens is 1. The van der Waals surface area contributed by atoms with Crippen molar-refractivity contribution in [2.45, 2.75) is 0 Å². The zero-order valence-corrected chi connectivity index (χ0v) is 11.8. The molecule has 0 spiro atoms. The first-order valence-electron chi connectivity index (χ1n) is 5.94. The van der Waals surface area contributed by atoms with Crippen LogP contribution in [-0.4, -0.2) is 24.0 Å². The van der Waals surface area contributed by atoms with Gasteiger partial charge in [0.05, 0.1) is 12.2 Å². The molecule has 102 valence electrons. The topological polar surface area (TPSA) is 34.5 Å². The van der Waals surface area contributed by atoms with Crippen molar-refractivity contribution in [2.24, 2.45) is 4.99 Å². The van der Waals surface area contributed by atoms with Crippen LogP contribution in [0.4, 0.5) is 8.78 Å². The Morgan fingerprint density at radius 3 is 2.45 bits per heavy atom. The quantitative estimate of drug-likeness (QED) is 0.838. The SMILES string of the molecule is Fc1cc(-c2ccc(Br)cn2)cc(F)c1C1=NCCO1. The fourth-order valence-corrected chi connectivity index (χ4v) is 2.19. The zero-order valence-electron chi connectivity index (χ0n) is 10.2. The van der Waals surface area contributed by atoms with Crippen LogP contribution < -0.4 is 0 Å². The summed E-state index contributed by atoms with van der Waals surface area (Å²) in [7, 11) is 0. The van der Waals surface area contributed by atoms with Gasteiger partial charge in [-0.25, -0.2) is 13.8 Å². The summed E-state index contributed by atoms with van der Waals surface area (Å²) in [4.78, 5) is 8.05. The molecule has 0 bridgehead atoms. The predicted octanol–water partition coefficient (Wildman–Crippen LogP) is 3.57. The normalized spacial score (nSPS) is 14.1. The number of rotatable bonds is 2. The summed E-state index contributed by atoms with van der Waals surface area (Å²) in [6.07, 6.45) is 1.57. The molecule has 2 aromatic rings. The Hall–Kier alpha value is -1.82. The van der Waals surface area contributed by atoms with Crippen LogP contribution >= 0.6 is 15.9 Å². The molecular formula is C14H9BrF2N2O. The van der Waals surface area contributed by atoms with E-state index < -0.39 is 11.6 Å². The third-order valence-corrected chi connectivity index (χ3v) is 3.33. The van der Waals surface area contributed by atoms with E-state index in [1.54, 1.807) is 18.3 Å². The molecule has 3 rings (SSSR count). The van der Waals surface area contributed by atoms with Crippen molar-refractivity contribution in [1.82, 2.24) is 4.98 Å². The van der Waals surface area contributed by atoms with E-state index in [1.807, 2.05) is 0 Å². The highest BCUT2D eigenvalue weighted by atomic mass is 79.9. The van der Waals surface area contributed by atoms with Crippen LogP contribution in [0.2, 0.25) is 0 Å². The zero-order chi connectivity index (χ0) is 14.1. The van der Waals surface area contributed by atoms with Gasteiger partial charge < -0.3 is 4.74 Å². The smallest absolute Gasteiger partial charge is 0.222 e. The summed E-state index contributed by atoms with van der Waals surface area (Å²) in [5.74, 6) is -1.38. The van der Waals surface area contributed by atoms with Crippen LogP contribution in [0, 0.1) is 11.6 Å². The lowest BCUT2D eigenvalue weighted by molar-refractivity contribution is 0.345. The lowest BCUT2D eigenvalue weighted by Crippen LogP contribution is -2.08. The summed E-state index contributed by atoms with van der Waals surface area (Å²) in [5.41, 5.74) is 0.644. The highest BCUT2D eigenvalue weighted by Crippen LogP contribution is 2.25. The van der Waals surface area contributed by atoms with E-state index in [4.69, 9.17) is 4.74 Å². The number of benzene rings is 1. The molecule has 3 nitrogen and oxygen atoms in total. The van der Waals surface area contributed by atoms with Gasteiger partial charge in [-0.05, 0) is 40.2 Å². The lowest BCUT2D eigenvalue weighted by Gasteiger charge is -2.08. The summed E-state index contributed by atoms with van der Waals surface area (Å²) >= 11 is 3.26. The lowest BCUT2D eigenvalue weighted by atomic mass is 10.1. The minimum atomic E-state index is -0.703. The Kier molecular flexibility index (Phi) is 3.48. The molecule has 6 heteroatoms. The molecule has 1 aliphatic rings. The van der Waals surface area contributed by atoms with Crippen molar-refractivity contribution >= 4 is 21.8 Å². The number of hydrogen-bond acceptors (Lipinski definition) is 3. The first kappa shape index (κ1) is 13.2. The van der Waals surface area contributed by atoms with E-state index in [9.17, 15) is 8.78 Å². The molecule has 0 fully saturated rings. The Bertz CT molecular complexity index is 663. The Balaban J connectivity index is 2.05. The van der Waals surface area contributed by atoms with Gasteiger partial charge in [-0.3, -0.25) is 4.98 Å². The molecular weight excluding hydrogens is 330 g/mol. The van der Waals surface area contributed by atoms with Gasteiger partial charge in [-0.2, -0.15) is 0 Å². The second kappa shape index (κ2) is 5.28. The Morgan fingerprint density at radius 2 is 1.90 bits per heavy atom. The molecule has 20 heavy (non-hydrogen) atoms. The third-order valence-electron chi connectivity index (χ3n) is 2.86. The minimum absolute atomic E-state index is 0.0234. The monoisotopic (exact) mass is 338 g/mol. The van der Waals surface area contributed by atoms with Gasteiger partial charge in [-0.15, -0.1) is 0 Å². The molecule has 0 unspecified atom stereocenters. The van der Waals surface area contributed by atoms with Crippen LogP contribution in [-0.2, 0) is 4.74 Å². The van der Waals surface area contributed by atoms with Crippen LogP contribution in [0.25, 0.3) is 11.3 Å². The van der Waals surface area contributed by atoms with Crippen molar-refractivity contribution in [3.8, 4) is 11.3 Å². The van der Waals surface area contributed by atoms with E-state index in [2.05, 4.69) is 25.9 Å². The summed E-state index contributed by atoms with van der Waals surface area (Å²) < 4.78 is 34.1. The maximum absolute atomic E-state index is 14.1. The number of nitrogens with zero attached hydrogens (tertiary/aromatic N) is 2. The van der Waals surface area contributed by atoms with Crippen molar-refractivity contribution in [1.29, 1.82) is 0 Å². The van der Waals surface area contributed by atoms with Crippen LogP contribution in [0.1, 0.15) is 5.56 Å². The van der Waals surface area contributed by atoms with Crippen LogP contribution in [0.15, 0.2) is 39.9 Å². The molecule has 0 atom stereocenters. The van der Waals surface area contributed by atoms with Gasteiger partial charge in [0.2, 0.25) is 5.90 Å². The molecule has 0 radical (unpaired) electrons. The van der Waals surface area contributed by atoms with E-state index in [0.29, 0.717) is 24.4 Å². The van der Waals surface area contributed by atoms with Gasteiger partial charge in [0.15, 0.2) is 0 Å². The number of halogens is 3. The molecule has 1 aromatic heterocycles. The molecule has 0 saturated carbocycles. The maximum Gasteiger partial charge on any atom is 0.222 e. The van der Waals surface area contributed by atoms with Gasteiger partial charge in [0.25, 0.3) is 0 Å². The van der Waals surface area contributed by atoms with Crippen LogP contribution in [0.3, 0.4) is 0 Å². The second-order valence-electron chi connectivity index (χ2n) is 4.21. The molecule has 1 aromatic carbocycles. The summed E-state index contributed by atoms with van der Waals surface area (Å²) in [5, 5.41) is 0. The first-order valence-corrected chi connectivity index (χ1v) is 6.73. The van der Waals surface area contributed by atoms with Crippen molar-refractivity contribution in [2.75, 3.05) is 13.2 Å². The number of hydrogen-bond donors (Lipinski definition) is 0. The summed E-state index contributed by atoms with van der Waals surface area (Å²) in [6, 6.07) is 5.91. The van der Waals surface area contributed by atoms with Gasteiger partial charge in [0, 0.05) is 16.2 Å². The molecule has 0 amide bonds. The average Bonchev–Trinajstić information content (AvgIpc) is 2.92. The minimum Gasteiger partial charge on any atom is -0.475 e. The third kappa shape index (κ3) is 2.43. The molecule has 1 aliphatic heterocycles. The predicted molar refractivity (Wildman–Crippen MR) is 74.6 cm³/mol. The van der Waals surface area contributed by atoms with Gasteiger partial charge >= 0.3 is 0 Å². The van der Waals surface area contributed by atoms with E-state index in [0.717, 1.165) is 4.47 Å². The fraction of sp³-hybridized carbons (Fsp3) is 0.143. The van der Waals surface area contributed by atoms with E-state index in [-0.39, 0.29) is 11.5 Å². The maximum atomic E-state index is 14.1. The average molecular weight is 339 g/mol. The highest BCUT2D eigenvalue weighted by molar-refractivity contribution is 9.10. The second-order valence-corrected chi connectivity index (χ2v) is 5.13. The summed E-state index contributed by atoms with van der Waals surface area (Å²) in [6.45, 7) is 0.772. The molecule has 0 saturated heterocycles. The standard InChI is InChI=1S/C14H9BrF2N2O/c15-9-1-2-12(19-7-9)8-5-10(16)13(11(17)6-8)14-18-3-4-20-14/h1-2,5-7H,3-4H2. The molecule has 0 N–H and O–H groups in total. The fourth-order valence-electron chi connectivity index (χ4n) is 1.96. The Labute approximate surface area is 122 Å². The van der Waals surface area contributed by atoms with E-state index in [1.165, 1.54) is 12.1 Å². The first-order chi connectivity index (χ1) is 9.65. The molecule has 2 heterocycles. The van der Waals surface area contributed by atoms with Crippen molar-refractivity contribution in [3.05, 3.63) is 52.1 Å². The number of ether oxygens (including phenoxy) is 1. The number of aliphatic imine (C=N–C) groups is 1. The van der Waals surface area contributed by atoms with Crippen LogP contribution in [0.5, 0.6) is 0 Å². The number of pyridine rings is 1. The highest BCUT2D eigenvalue weighted by Gasteiger charge is 2.21. The van der Waals surface area contributed by atoms with Crippen molar-refractivity contribution < 1.29 is 13.5 Å². The van der Waals surface area contributed by atoms with Gasteiger partial charge in [0.1, 0.15) is 23.8 Å². The van der Waals surface area contributed by atoms with E-state index >= 15 is 0 Å².